The number of amides is 3. The van der Waals surface area contributed by atoms with E-state index < -0.39 is 0 Å². The first-order chi connectivity index (χ1) is 9.26. The maximum absolute atomic E-state index is 11.6. The summed E-state index contributed by atoms with van der Waals surface area (Å²) in [7, 11) is 0. The lowest BCUT2D eigenvalue weighted by atomic mass is 10.1. The van der Waals surface area contributed by atoms with Gasteiger partial charge in [0.15, 0.2) is 0 Å². The maximum Gasteiger partial charge on any atom is 0.319 e. The summed E-state index contributed by atoms with van der Waals surface area (Å²) in [6.45, 7) is 6.00. The molecule has 0 radical (unpaired) electrons. The minimum Gasteiger partial charge on any atom is -0.399 e. The summed E-state index contributed by atoms with van der Waals surface area (Å²) in [4.78, 5) is 23.1. The number of benzene rings is 1. The van der Waals surface area contributed by atoms with E-state index in [1.807, 2.05) is 20.8 Å². The fourth-order valence-corrected chi connectivity index (χ4v) is 1.56. The molecule has 0 atom stereocenters. The van der Waals surface area contributed by atoms with E-state index in [4.69, 9.17) is 5.73 Å². The van der Waals surface area contributed by atoms with Gasteiger partial charge in [-0.15, -0.1) is 0 Å². The Labute approximate surface area is 119 Å². The van der Waals surface area contributed by atoms with Crippen molar-refractivity contribution in [2.45, 2.75) is 32.7 Å². The van der Waals surface area contributed by atoms with Crippen LogP contribution in [0.2, 0.25) is 0 Å². The molecule has 6 nitrogen and oxygen atoms in total. The molecule has 1 aromatic carbocycles. The zero-order chi connectivity index (χ0) is 15.2. The first kappa shape index (κ1) is 15.8. The normalized spacial score (nSPS) is 10.8. The van der Waals surface area contributed by atoms with E-state index in [9.17, 15) is 9.59 Å². The van der Waals surface area contributed by atoms with Gasteiger partial charge in [0.1, 0.15) is 0 Å². The quantitative estimate of drug-likeness (QED) is 0.631. The molecule has 0 saturated carbocycles. The molecule has 6 heteroatoms. The van der Waals surface area contributed by atoms with E-state index in [1.54, 1.807) is 24.3 Å². The second-order valence-corrected chi connectivity index (χ2v) is 5.55. The smallest absolute Gasteiger partial charge is 0.319 e. The van der Waals surface area contributed by atoms with Crippen LogP contribution in [0.3, 0.4) is 0 Å². The van der Waals surface area contributed by atoms with Crippen molar-refractivity contribution < 1.29 is 9.59 Å². The summed E-state index contributed by atoms with van der Waals surface area (Å²) in [6, 6.07) is 6.52. The third-order valence-corrected chi connectivity index (χ3v) is 2.30. The third kappa shape index (κ3) is 6.63. The van der Waals surface area contributed by atoms with Crippen molar-refractivity contribution in [3.05, 3.63) is 24.3 Å². The molecule has 0 unspecified atom stereocenters. The molecule has 0 aliphatic rings. The number of nitrogens with one attached hydrogen (secondary N) is 3. The highest BCUT2D eigenvalue weighted by atomic mass is 16.2. The molecule has 5 N–H and O–H groups in total. The molecule has 0 aliphatic heterocycles. The molecule has 1 rings (SSSR count). The van der Waals surface area contributed by atoms with Crippen molar-refractivity contribution >= 4 is 23.3 Å². The van der Waals surface area contributed by atoms with E-state index in [2.05, 4.69) is 16.0 Å². The zero-order valence-corrected chi connectivity index (χ0v) is 12.1. The summed E-state index contributed by atoms with van der Waals surface area (Å²) in [6.07, 6.45) is 0.238. The van der Waals surface area contributed by atoms with Gasteiger partial charge >= 0.3 is 6.03 Å². The summed E-state index contributed by atoms with van der Waals surface area (Å²) < 4.78 is 0. The van der Waals surface area contributed by atoms with Crippen molar-refractivity contribution in [2.75, 3.05) is 17.6 Å². The third-order valence-electron chi connectivity index (χ3n) is 2.30. The number of hydrogen-bond acceptors (Lipinski definition) is 3. The summed E-state index contributed by atoms with van der Waals surface area (Å²) in [5.74, 6) is -0.0956. The molecule has 1 aromatic rings. The maximum atomic E-state index is 11.6. The van der Waals surface area contributed by atoms with Gasteiger partial charge in [0.2, 0.25) is 5.91 Å². The molecule has 0 saturated heterocycles. The molecule has 0 bridgehead atoms. The largest absolute Gasteiger partial charge is 0.399 e. The second kappa shape index (κ2) is 6.79. The molecular formula is C14H22N4O2. The van der Waals surface area contributed by atoms with Crippen LogP contribution in [0.15, 0.2) is 24.3 Å². The standard InChI is InChI=1S/C14H22N4O2/c1-14(2,3)18-12(19)7-8-16-13(20)17-11-6-4-5-10(15)9-11/h4-6,9H,7-8,15H2,1-3H3,(H,18,19)(H2,16,17,20). The van der Waals surface area contributed by atoms with Gasteiger partial charge in [-0.1, -0.05) is 6.07 Å². The minimum absolute atomic E-state index is 0.0956. The Morgan fingerprint density at radius 2 is 1.95 bits per heavy atom. The highest BCUT2D eigenvalue weighted by Crippen LogP contribution is 2.11. The number of carbonyl (C=O) groups is 2. The van der Waals surface area contributed by atoms with Crippen LogP contribution in [0.4, 0.5) is 16.2 Å². The summed E-state index contributed by atoms with van der Waals surface area (Å²) >= 11 is 0. The van der Waals surface area contributed by atoms with Gasteiger partial charge in [0.25, 0.3) is 0 Å². The van der Waals surface area contributed by atoms with Gasteiger partial charge < -0.3 is 21.7 Å². The van der Waals surface area contributed by atoms with E-state index >= 15 is 0 Å². The van der Waals surface area contributed by atoms with E-state index in [1.165, 1.54) is 0 Å². The summed E-state index contributed by atoms with van der Waals surface area (Å²) in [5.41, 5.74) is 6.53. The Balaban J connectivity index is 2.29. The lowest BCUT2D eigenvalue weighted by molar-refractivity contribution is -0.122. The van der Waals surface area contributed by atoms with Crippen LogP contribution < -0.4 is 21.7 Å². The van der Waals surface area contributed by atoms with Gasteiger partial charge in [-0.25, -0.2) is 4.79 Å². The van der Waals surface area contributed by atoms with Crippen molar-refractivity contribution in [3.8, 4) is 0 Å². The topological polar surface area (TPSA) is 96.2 Å². The number of nitrogen functional groups attached to an aromatic ring is 1. The van der Waals surface area contributed by atoms with Gasteiger partial charge in [-0.2, -0.15) is 0 Å². The molecule has 0 aliphatic carbocycles. The Morgan fingerprint density at radius 3 is 2.55 bits per heavy atom. The molecule has 110 valence electrons. The van der Waals surface area contributed by atoms with Crippen LogP contribution in [-0.4, -0.2) is 24.0 Å². The van der Waals surface area contributed by atoms with Gasteiger partial charge in [0, 0.05) is 29.9 Å². The molecule has 0 spiro atoms. The van der Waals surface area contributed by atoms with Crippen LogP contribution >= 0.6 is 0 Å². The Kier molecular flexibility index (Phi) is 5.37. The average Bonchev–Trinajstić information content (AvgIpc) is 2.26. The zero-order valence-electron chi connectivity index (χ0n) is 12.1. The van der Waals surface area contributed by atoms with E-state index in [0.717, 1.165) is 0 Å². The number of anilines is 2. The highest BCUT2D eigenvalue weighted by molar-refractivity contribution is 5.90. The first-order valence-electron chi connectivity index (χ1n) is 6.48. The van der Waals surface area contributed by atoms with Crippen LogP contribution in [0, 0.1) is 0 Å². The fraction of sp³-hybridized carbons (Fsp3) is 0.429. The van der Waals surface area contributed by atoms with Crippen LogP contribution in [0.1, 0.15) is 27.2 Å². The number of hydrogen-bond donors (Lipinski definition) is 4. The van der Waals surface area contributed by atoms with E-state index in [0.29, 0.717) is 11.4 Å². The molecule has 0 heterocycles. The minimum atomic E-state index is -0.362. The number of carbonyl (C=O) groups excluding carboxylic acids is 2. The number of nitrogens with two attached hydrogens (primary N) is 1. The van der Waals surface area contributed by atoms with Crippen molar-refractivity contribution in [2.24, 2.45) is 0 Å². The van der Waals surface area contributed by atoms with Crippen molar-refractivity contribution in [1.82, 2.24) is 10.6 Å². The second-order valence-electron chi connectivity index (χ2n) is 5.55. The predicted octanol–water partition coefficient (Wildman–Crippen LogP) is 1.70. The lowest BCUT2D eigenvalue weighted by Crippen LogP contribution is -2.42. The average molecular weight is 278 g/mol. The van der Waals surface area contributed by atoms with Crippen molar-refractivity contribution in [1.29, 1.82) is 0 Å². The van der Waals surface area contributed by atoms with Crippen molar-refractivity contribution in [3.63, 3.8) is 0 Å². The monoisotopic (exact) mass is 278 g/mol. The van der Waals surface area contributed by atoms with Crippen LogP contribution in [0.25, 0.3) is 0 Å². The fourth-order valence-electron chi connectivity index (χ4n) is 1.56. The molecular weight excluding hydrogens is 256 g/mol. The number of rotatable bonds is 4. The molecule has 20 heavy (non-hydrogen) atoms. The van der Waals surface area contributed by atoms with Crippen LogP contribution in [0.5, 0.6) is 0 Å². The van der Waals surface area contributed by atoms with Gasteiger partial charge in [0.05, 0.1) is 0 Å². The molecule has 0 fully saturated rings. The lowest BCUT2D eigenvalue weighted by Gasteiger charge is -2.20. The van der Waals surface area contributed by atoms with E-state index in [-0.39, 0.29) is 30.4 Å². The Morgan fingerprint density at radius 1 is 1.25 bits per heavy atom. The van der Waals surface area contributed by atoms with Gasteiger partial charge in [-0.05, 0) is 39.0 Å². The Hall–Kier alpha value is -2.24. The summed E-state index contributed by atoms with van der Waals surface area (Å²) in [5, 5.41) is 8.08. The molecule has 3 amide bonds. The number of urea groups is 1. The van der Waals surface area contributed by atoms with Crippen LogP contribution in [-0.2, 0) is 4.79 Å². The molecule has 0 aromatic heterocycles. The highest BCUT2D eigenvalue weighted by Gasteiger charge is 2.13. The Bertz CT molecular complexity index is 480. The SMILES string of the molecule is CC(C)(C)NC(=O)CCNC(=O)Nc1cccc(N)c1. The first-order valence-corrected chi connectivity index (χ1v) is 6.48. The predicted molar refractivity (Wildman–Crippen MR) is 80.4 cm³/mol. The van der Waals surface area contributed by atoms with Gasteiger partial charge in [-0.3, -0.25) is 4.79 Å².